The molecule has 2 rings (SSSR count). The van der Waals surface area contributed by atoms with Crippen LogP contribution in [0.25, 0.3) is 0 Å². The summed E-state index contributed by atoms with van der Waals surface area (Å²) in [6, 6.07) is 5.32. The van der Waals surface area contributed by atoms with Crippen molar-refractivity contribution in [2.75, 3.05) is 13.1 Å². The molecule has 1 aromatic rings. The van der Waals surface area contributed by atoms with Gasteiger partial charge < -0.3 is 4.90 Å². The first kappa shape index (κ1) is 20.7. The predicted molar refractivity (Wildman–Crippen MR) is 91.3 cm³/mol. The highest BCUT2D eigenvalue weighted by Gasteiger charge is 2.29. The molecule has 1 N–H and O–H groups in total. The van der Waals surface area contributed by atoms with Crippen LogP contribution >= 0.6 is 0 Å². The van der Waals surface area contributed by atoms with Gasteiger partial charge in [0.15, 0.2) is 0 Å². The van der Waals surface area contributed by atoms with Gasteiger partial charge in [-0.2, -0.15) is 13.2 Å². The number of sulfonamides is 1. The second kappa shape index (κ2) is 8.39. The Labute approximate surface area is 151 Å². The average molecular weight is 392 g/mol. The van der Waals surface area contributed by atoms with Gasteiger partial charge in [-0.15, -0.1) is 0 Å². The van der Waals surface area contributed by atoms with Gasteiger partial charge in [0, 0.05) is 24.7 Å². The standard InChI is InChI=1S/C17H23F3N2O3S/c1-2-22(11-10-17(18,19)20)16(23)13-6-5-9-15(12-13)26(24,25)21-14-7-3-4-8-14/h5-6,9,12,14,21H,2-4,7-8,10-11H2,1H3. The van der Waals surface area contributed by atoms with E-state index in [9.17, 15) is 26.4 Å². The summed E-state index contributed by atoms with van der Waals surface area (Å²) in [5.74, 6) is -0.616. The van der Waals surface area contributed by atoms with Crippen molar-refractivity contribution >= 4 is 15.9 Å². The number of carbonyl (C=O) groups excluding carboxylic acids is 1. The Morgan fingerprint density at radius 2 is 1.92 bits per heavy atom. The molecule has 0 spiro atoms. The number of rotatable bonds is 7. The molecule has 1 aliphatic rings. The fraction of sp³-hybridized carbons (Fsp3) is 0.588. The van der Waals surface area contributed by atoms with Crippen LogP contribution in [0, 0.1) is 0 Å². The minimum absolute atomic E-state index is 0.0536. The number of hydrogen-bond donors (Lipinski definition) is 1. The molecule has 0 aliphatic heterocycles. The number of benzene rings is 1. The molecule has 5 nitrogen and oxygen atoms in total. The Bertz CT molecular complexity index is 729. The molecule has 1 saturated carbocycles. The highest BCUT2D eigenvalue weighted by Crippen LogP contribution is 2.22. The molecule has 0 saturated heterocycles. The molecule has 0 radical (unpaired) electrons. The van der Waals surface area contributed by atoms with E-state index in [4.69, 9.17) is 0 Å². The third-order valence-corrected chi connectivity index (χ3v) is 5.92. The lowest BCUT2D eigenvalue weighted by molar-refractivity contribution is -0.136. The molecular weight excluding hydrogens is 369 g/mol. The fourth-order valence-electron chi connectivity index (χ4n) is 2.97. The summed E-state index contributed by atoms with van der Waals surface area (Å²) in [6.45, 7) is 1.22. The number of nitrogens with zero attached hydrogens (tertiary/aromatic N) is 1. The van der Waals surface area contributed by atoms with Crippen LogP contribution in [-0.4, -0.2) is 44.5 Å². The fourth-order valence-corrected chi connectivity index (χ4v) is 4.33. The Morgan fingerprint density at radius 1 is 1.27 bits per heavy atom. The molecule has 1 aromatic carbocycles. The van der Waals surface area contributed by atoms with Gasteiger partial charge in [0.2, 0.25) is 10.0 Å². The van der Waals surface area contributed by atoms with Gasteiger partial charge in [-0.05, 0) is 38.0 Å². The van der Waals surface area contributed by atoms with Crippen LogP contribution in [0.2, 0.25) is 0 Å². The van der Waals surface area contributed by atoms with Gasteiger partial charge in [0.25, 0.3) is 5.91 Å². The average Bonchev–Trinajstić information content (AvgIpc) is 3.06. The number of amides is 1. The van der Waals surface area contributed by atoms with Crippen molar-refractivity contribution < 1.29 is 26.4 Å². The molecule has 0 unspecified atom stereocenters. The van der Waals surface area contributed by atoms with Crippen molar-refractivity contribution in [3.63, 3.8) is 0 Å². The lowest BCUT2D eigenvalue weighted by Gasteiger charge is -2.22. The molecule has 0 heterocycles. The monoisotopic (exact) mass is 392 g/mol. The zero-order valence-corrected chi connectivity index (χ0v) is 15.4. The van der Waals surface area contributed by atoms with Crippen molar-refractivity contribution in [2.45, 2.75) is 56.1 Å². The topological polar surface area (TPSA) is 66.5 Å². The van der Waals surface area contributed by atoms with Crippen LogP contribution in [0.1, 0.15) is 49.4 Å². The Balaban J connectivity index is 2.14. The summed E-state index contributed by atoms with van der Waals surface area (Å²) in [6.07, 6.45) is -1.97. The summed E-state index contributed by atoms with van der Waals surface area (Å²) < 4.78 is 64.8. The molecule has 9 heteroatoms. The minimum Gasteiger partial charge on any atom is -0.339 e. The smallest absolute Gasteiger partial charge is 0.339 e. The largest absolute Gasteiger partial charge is 0.390 e. The SMILES string of the molecule is CCN(CCC(F)(F)F)C(=O)c1cccc(S(=O)(=O)NC2CCCC2)c1. The molecular formula is C17H23F3N2O3S. The molecule has 1 aliphatic carbocycles. The van der Waals surface area contributed by atoms with Gasteiger partial charge in [-0.1, -0.05) is 18.9 Å². The first-order valence-corrected chi connectivity index (χ1v) is 10.1. The predicted octanol–water partition coefficient (Wildman–Crippen LogP) is 3.32. The van der Waals surface area contributed by atoms with Crippen LogP contribution in [0.15, 0.2) is 29.2 Å². The maximum Gasteiger partial charge on any atom is 0.390 e. The van der Waals surface area contributed by atoms with Crippen LogP contribution in [-0.2, 0) is 10.0 Å². The number of carbonyl (C=O) groups is 1. The lowest BCUT2D eigenvalue weighted by atomic mass is 10.2. The minimum atomic E-state index is -4.36. The molecule has 0 bridgehead atoms. The first-order chi connectivity index (χ1) is 12.1. The van der Waals surface area contributed by atoms with Crippen molar-refractivity contribution in [1.29, 1.82) is 0 Å². The Morgan fingerprint density at radius 3 is 2.50 bits per heavy atom. The van der Waals surface area contributed by atoms with E-state index >= 15 is 0 Å². The van der Waals surface area contributed by atoms with Crippen LogP contribution in [0.4, 0.5) is 13.2 Å². The van der Waals surface area contributed by atoms with E-state index in [2.05, 4.69) is 4.72 Å². The Kier molecular flexibility index (Phi) is 6.68. The Hall–Kier alpha value is -1.61. The summed E-state index contributed by atoms with van der Waals surface area (Å²) in [4.78, 5) is 13.5. The van der Waals surface area contributed by atoms with E-state index in [1.165, 1.54) is 24.3 Å². The lowest BCUT2D eigenvalue weighted by Crippen LogP contribution is -2.35. The second-order valence-electron chi connectivity index (χ2n) is 6.38. The third-order valence-electron chi connectivity index (χ3n) is 4.40. The molecule has 1 fully saturated rings. The van der Waals surface area contributed by atoms with Gasteiger partial charge >= 0.3 is 6.18 Å². The summed E-state index contributed by atoms with van der Waals surface area (Å²) in [5.41, 5.74) is 0.0586. The number of halogens is 3. The summed E-state index contributed by atoms with van der Waals surface area (Å²) >= 11 is 0. The molecule has 1 amide bonds. The highest BCUT2D eigenvalue weighted by atomic mass is 32.2. The van der Waals surface area contributed by atoms with E-state index in [-0.39, 0.29) is 23.0 Å². The quantitative estimate of drug-likeness (QED) is 0.774. The normalized spacial score (nSPS) is 16.0. The zero-order valence-electron chi connectivity index (χ0n) is 14.6. The molecule has 0 aromatic heterocycles. The van der Waals surface area contributed by atoms with Gasteiger partial charge in [-0.25, -0.2) is 13.1 Å². The van der Waals surface area contributed by atoms with E-state index in [0.29, 0.717) is 0 Å². The van der Waals surface area contributed by atoms with E-state index in [0.717, 1.165) is 30.6 Å². The van der Waals surface area contributed by atoms with Crippen molar-refractivity contribution in [1.82, 2.24) is 9.62 Å². The number of alkyl halides is 3. The maximum absolute atomic E-state index is 12.5. The van der Waals surface area contributed by atoms with Crippen LogP contribution in [0.3, 0.4) is 0 Å². The summed E-state index contributed by atoms with van der Waals surface area (Å²) in [7, 11) is -3.77. The summed E-state index contributed by atoms with van der Waals surface area (Å²) in [5, 5.41) is 0. The van der Waals surface area contributed by atoms with Crippen LogP contribution in [0.5, 0.6) is 0 Å². The van der Waals surface area contributed by atoms with Crippen molar-refractivity contribution in [3.05, 3.63) is 29.8 Å². The second-order valence-corrected chi connectivity index (χ2v) is 8.09. The van der Waals surface area contributed by atoms with E-state index in [1.54, 1.807) is 6.92 Å². The third kappa shape index (κ3) is 5.70. The van der Waals surface area contributed by atoms with Gasteiger partial charge in [0.1, 0.15) is 0 Å². The van der Waals surface area contributed by atoms with Gasteiger partial charge in [-0.3, -0.25) is 4.79 Å². The van der Waals surface area contributed by atoms with Crippen molar-refractivity contribution in [3.8, 4) is 0 Å². The van der Waals surface area contributed by atoms with Crippen molar-refractivity contribution in [2.24, 2.45) is 0 Å². The van der Waals surface area contributed by atoms with Gasteiger partial charge in [0.05, 0.1) is 11.3 Å². The molecule has 26 heavy (non-hydrogen) atoms. The molecule has 146 valence electrons. The highest BCUT2D eigenvalue weighted by molar-refractivity contribution is 7.89. The number of hydrogen-bond acceptors (Lipinski definition) is 3. The zero-order chi connectivity index (χ0) is 19.4. The molecule has 0 atom stereocenters. The number of nitrogens with one attached hydrogen (secondary N) is 1. The van der Waals surface area contributed by atoms with E-state index in [1.807, 2.05) is 0 Å². The first-order valence-electron chi connectivity index (χ1n) is 8.61. The van der Waals surface area contributed by atoms with Crippen LogP contribution < -0.4 is 4.72 Å². The maximum atomic E-state index is 12.5. The van der Waals surface area contributed by atoms with E-state index < -0.39 is 35.1 Å².